The maximum absolute atomic E-state index is 9.29. The van der Waals surface area contributed by atoms with Gasteiger partial charge in [-0.1, -0.05) is 12.1 Å². The van der Waals surface area contributed by atoms with Gasteiger partial charge >= 0.3 is 0 Å². The molecule has 0 spiro atoms. The number of rotatable bonds is 1. The molecule has 0 saturated heterocycles. The van der Waals surface area contributed by atoms with E-state index in [-0.39, 0.29) is 0 Å². The minimum absolute atomic E-state index is 0.494. The van der Waals surface area contributed by atoms with Gasteiger partial charge in [-0.2, -0.15) is 5.26 Å². The van der Waals surface area contributed by atoms with Crippen LogP contribution in [0.1, 0.15) is 40.8 Å². The van der Waals surface area contributed by atoms with E-state index in [1.807, 2.05) is 18.3 Å². The van der Waals surface area contributed by atoms with E-state index < -0.39 is 0 Å². The van der Waals surface area contributed by atoms with Gasteiger partial charge in [0.15, 0.2) is 0 Å². The summed E-state index contributed by atoms with van der Waals surface area (Å²) in [5.41, 5.74) is 10.3. The van der Waals surface area contributed by atoms with Crippen molar-refractivity contribution in [2.75, 3.05) is 0 Å². The van der Waals surface area contributed by atoms with E-state index >= 15 is 0 Å². The Morgan fingerprint density at radius 2 is 1.89 bits per heavy atom. The topological polar surface area (TPSA) is 64.8 Å². The number of aliphatic imine (C=N–C) groups is 1. The van der Waals surface area contributed by atoms with E-state index in [4.69, 9.17) is 0 Å². The van der Waals surface area contributed by atoms with Crippen molar-refractivity contribution < 1.29 is 0 Å². The predicted octanol–water partition coefficient (Wildman–Crippen LogP) is 5.07. The van der Waals surface area contributed by atoms with Crippen LogP contribution in [0.4, 0.5) is 0 Å². The molecule has 28 heavy (non-hydrogen) atoms. The molecule has 1 N–H and O–H groups in total. The second kappa shape index (κ2) is 5.77. The Morgan fingerprint density at radius 3 is 2.79 bits per heavy atom. The van der Waals surface area contributed by atoms with Crippen molar-refractivity contribution in [1.29, 1.82) is 5.26 Å². The maximum atomic E-state index is 9.29. The number of aromatic amines is 1. The quantitative estimate of drug-likeness (QED) is 0.514. The first-order valence-electron chi connectivity index (χ1n) is 9.82. The lowest BCUT2D eigenvalue weighted by Crippen LogP contribution is -2.08. The molecule has 1 aliphatic heterocycles. The molecule has 0 amide bonds. The standard InChI is InChI=1S/C24H18N4/c25-11-17-10-20-21(27-17)7-8-22-23(20)18-3-1-2-4-19(18)24(28-22)14-5-6-15-12-26-13-16(15)9-14/h5-10,13,28H,1-4,12H2. The van der Waals surface area contributed by atoms with Crippen molar-refractivity contribution >= 4 is 28.0 Å². The molecule has 0 saturated carbocycles. The minimum atomic E-state index is 0.494. The minimum Gasteiger partial charge on any atom is -0.354 e. The zero-order valence-corrected chi connectivity index (χ0v) is 15.4. The molecule has 2 aromatic heterocycles. The van der Waals surface area contributed by atoms with Gasteiger partial charge < -0.3 is 4.98 Å². The van der Waals surface area contributed by atoms with E-state index in [1.165, 1.54) is 51.7 Å². The van der Waals surface area contributed by atoms with Gasteiger partial charge in [0, 0.05) is 28.2 Å². The number of nitrogens with zero attached hydrogens (tertiary/aromatic N) is 3. The summed E-state index contributed by atoms with van der Waals surface area (Å²) in [6.07, 6.45) is 6.56. The molecule has 0 unspecified atom stereocenters. The molecular formula is C24H18N4. The van der Waals surface area contributed by atoms with E-state index in [0.717, 1.165) is 35.8 Å². The van der Waals surface area contributed by atoms with Gasteiger partial charge in [0.1, 0.15) is 11.8 Å². The van der Waals surface area contributed by atoms with Crippen molar-refractivity contribution in [3.63, 3.8) is 0 Å². The lowest BCUT2D eigenvalue weighted by atomic mass is 9.85. The molecule has 0 bridgehead atoms. The average Bonchev–Trinajstić information content (AvgIpc) is 3.38. The van der Waals surface area contributed by atoms with Gasteiger partial charge in [-0.3, -0.25) is 4.99 Å². The zero-order chi connectivity index (χ0) is 18.7. The summed E-state index contributed by atoms with van der Waals surface area (Å²) in [5, 5.41) is 11.6. The lowest BCUT2D eigenvalue weighted by Gasteiger charge is -2.23. The van der Waals surface area contributed by atoms with Gasteiger partial charge in [-0.05, 0) is 77.8 Å². The predicted molar refractivity (Wildman–Crippen MR) is 112 cm³/mol. The fraction of sp³-hybridized carbons (Fsp3) is 0.208. The Kier molecular flexibility index (Phi) is 3.21. The smallest absolute Gasteiger partial charge is 0.141 e. The Hall–Kier alpha value is -3.45. The van der Waals surface area contributed by atoms with E-state index in [9.17, 15) is 5.26 Å². The summed E-state index contributed by atoms with van der Waals surface area (Å²) < 4.78 is 0. The van der Waals surface area contributed by atoms with Gasteiger partial charge in [0.25, 0.3) is 0 Å². The van der Waals surface area contributed by atoms with Crippen LogP contribution in [0, 0.1) is 11.3 Å². The number of pyridine rings is 1. The SMILES string of the molecule is N#Cc1cc2c(ccc3[nH]c(-c4ccc5c(c4)C=NC5)c4c(c32)CCCC4)n1. The van der Waals surface area contributed by atoms with Crippen LogP contribution < -0.4 is 0 Å². The molecule has 2 aromatic carbocycles. The summed E-state index contributed by atoms with van der Waals surface area (Å²) in [6.45, 7) is 0.790. The number of hydrogen-bond donors (Lipinski definition) is 1. The lowest BCUT2D eigenvalue weighted by molar-refractivity contribution is 0.689. The highest BCUT2D eigenvalue weighted by molar-refractivity contribution is 6.08. The summed E-state index contributed by atoms with van der Waals surface area (Å²) >= 11 is 0. The normalized spacial score (nSPS) is 15.0. The van der Waals surface area contributed by atoms with Gasteiger partial charge in [0.05, 0.1) is 12.1 Å². The number of H-pyrrole nitrogens is 1. The van der Waals surface area contributed by atoms with Crippen LogP contribution in [-0.4, -0.2) is 16.2 Å². The fourth-order valence-corrected chi connectivity index (χ4v) is 4.81. The third-order valence-corrected chi connectivity index (χ3v) is 6.12. The molecule has 0 atom stereocenters. The molecule has 6 rings (SSSR count). The molecule has 4 heteroatoms. The number of nitrogens with one attached hydrogen (secondary N) is 1. The Morgan fingerprint density at radius 1 is 1.00 bits per heavy atom. The van der Waals surface area contributed by atoms with Crippen molar-refractivity contribution in [3.05, 3.63) is 64.3 Å². The Balaban J connectivity index is 1.68. The van der Waals surface area contributed by atoms with Crippen LogP contribution in [0.25, 0.3) is 33.1 Å². The van der Waals surface area contributed by atoms with Gasteiger partial charge in [-0.15, -0.1) is 0 Å². The molecule has 3 heterocycles. The first kappa shape index (κ1) is 15.6. The summed E-state index contributed by atoms with van der Waals surface area (Å²) in [6, 6.07) is 14.9. The van der Waals surface area contributed by atoms with Crippen LogP contribution in [0.15, 0.2) is 41.4 Å². The highest BCUT2D eigenvalue weighted by Crippen LogP contribution is 2.38. The second-order valence-corrected chi connectivity index (χ2v) is 7.72. The summed E-state index contributed by atoms with van der Waals surface area (Å²) in [5.74, 6) is 0. The van der Waals surface area contributed by atoms with Crippen LogP contribution in [0.3, 0.4) is 0 Å². The fourth-order valence-electron chi connectivity index (χ4n) is 4.81. The molecule has 0 radical (unpaired) electrons. The number of aromatic nitrogens is 2. The second-order valence-electron chi connectivity index (χ2n) is 7.72. The average molecular weight is 362 g/mol. The van der Waals surface area contributed by atoms with E-state index in [2.05, 4.69) is 45.3 Å². The third-order valence-electron chi connectivity index (χ3n) is 6.12. The number of nitriles is 1. The molecule has 0 fully saturated rings. The van der Waals surface area contributed by atoms with Crippen LogP contribution in [-0.2, 0) is 19.4 Å². The van der Waals surface area contributed by atoms with Gasteiger partial charge in [0.2, 0.25) is 0 Å². The van der Waals surface area contributed by atoms with Crippen molar-refractivity contribution in [3.8, 4) is 17.3 Å². The first-order valence-corrected chi connectivity index (χ1v) is 9.82. The van der Waals surface area contributed by atoms with Crippen LogP contribution >= 0.6 is 0 Å². The molecule has 4 aromatic rings. The zero-order valence-electron chi connectivity index (χ0n) is 15.4. The van der Waals surface area contributed by atoms with Crippen LogP contribution in [0.5, 0.6) is 0 Å². The van der Waals surface area contributed by atoms with Gasteiger partial charge in [-0.25, -0.2) is 4.98 Å². The number of benzene rings is 2. The van der Waals surface area contributed by atoms with E-state index in [1.54, 1.807) is 0 Å². The maximum Gasteiger partial charge on any atom is 0.141 e. The largest absolute Gasteiger partial charge is 0.354 e. The molecule has 1 aliphatic carbocycles. The number of fused-ring (bicyclic) bond motifs is 6. The number of aryl methyl sites for hydroxylation is 1. The highest BCUT2D eigenvalue weighted by Gasteiger charge is 2.21. The molecule has 134 valence electrons. The van der Waals surface area contributed by atoms with Crippen molar-refractivity contribution in [2.45, 2.75) is 32.2 Å². The first-order chi connectivity index (χ1) is 13.8. The number of hydrogen-bond acceptors (Lipinski definition) is 3. The molecule has 2 aliphatic rings. The van der Waals surface area contributed by atoms with Crippen molar-refractivity contribution in [1.82, 2.24) is 9.97 Å². The summed E-state index contributed by atoms with van der Waals surface area (Å²) in [4.78, 5) is 12.6. The van der Waals surface area contributed by atoms with Crippen molar-refractivity contribution in [2.24, 2.45) is 4.99 Å². The molecular weight excluding hydrogens is 344 g/mol. The van der Waals surface area contributed by atoms with E-state index in [0.29, 0.717) is 5.69 Å². The summed E-state index contributed by atoms with van der Waals surface area (Å²) in [7, 11) is 0. The monoisotopic (exact) mass is 362 g/mol. The Bertz CT molecular complexity index is 1350. The van der Waals surface area contributed by atoms with Crippen LogP contribution in [0.2, 0.25) is 0 Å². The molecule has 4 nitrogen and oxygen atoms in total. The third kappa shape index (κ3) is 2.16. The Labute approximate surface area is 162 Å². The highest BCUT2D eigenvalue weighted by atomic mass is 14.7.